The maximum absolute atomic E-state index is 9.39. The van der Waals surface area contributed by atoms with Crippen LogP contribution in [0.4, 0.5) is 0 Å². The number of hydrogen-bond acceptors (Lipinski definition) is 1. The van der Waals surface area contributed by atoms with Gasteiger partial charge in [0.05, 0.1) is 28.9 Å². The van der Waals surface area contributed by atoms with E-state index in [-0.39, 0.29) is 49.4 Å². The molecule has 0 spiro atoms. The number of hydrogen-bond donors (Lipinski definition) is 0. The molecule has 0 saturated heterocycles. The van der Waals surface area contributed by atoms with Crippen LogP contribution < -0.4 is 0 Å². The van der Waals surface area contributed by atoms with E-state index in [2.05, 4.69) is 4.57 Å². The highest BCUT2D eigenvalue weighted by Crippen LogP contribution is 2.46. The lowest BCUT2D eigenvalue weighted by molar-refractivity contribution is 0.909. The van der Waals surface area contributed by atoms with Crippen LogP contribution >= 0.6 is 0 Å². The van der Waals surface area contributed by atoms with Crippen LogP contribution in [0, 0.1) is 0 Å². The quantitative estimate of drug-likeness (QED) is 0.177. The molecule has 0 unspecified atom stereocenters. The first kappa shape index (κ1) is 17.1. The van der Waals surface area contributed by atoms with Gasteiger partial charge in [-0.15, -0.1) is 0 Å². The number of imidazole rings is 1. The third-order valence-electron chi connectivity index (χ3n) is 8.66. The lowest BCUT2D eigenvalue weighted by Crippen LogP contribution is -2.00. The first-order valence-corrected chi connectivity index (χ1v) is 15.3. The zero-order valence-corrected chi connectivity index (χ0v) is 25.2. The van der Waals surface area contributed by atoms with Crippen molar-refractivity contribution in [1.82, 2.24) is 9.55 Å². The number of aromatic nitrogens is 2. The number of benzene rings is 8. The molecule has 0 aliphatic carbocycles. The highest BCUT2D eigenvalue weighted by atomic mass is 15.1. The summed E-state index contributed by atoms with van der Waals surface area (Å²) in [5, 5.41) is 1.50. The molecule has 222 valence electrons. The number of aryl methyl sites for hydroxylation is 1. The monoisotopic (exact) mass is 613 g/mol. The molecule has 9 rings (SSSR count). The minimum Gasteiger partial charge on any atom is -0.296 e. The Morgan fingerprint density at radius 2 is 1.15 bits per heavy atom. The molecule has 0 radical (unpaired) electrons. The van der Waals surface area contributed by atoms with Gasteiger partial charge >= 0.3 is 0 Å². The van der Waals surface area contributed by atoms with E-state index in [1.54, 1.807) is 24.3 Å². The highest BCUT2D eigenvalue weighted by Gasteiger charge is 2.19. The maximum Gasteiger partial charge on any atom is 0.114 e. The van der Waals surface area contributed by atoms with Crippen molar-refractivity contribution in [3.8, 4) is 39.1 Å². The predicted octanol–water partition coefficient (Wildman–Crippen LogP) is 12.0. The Morgan fingerprint density at radius 3 is 1.87 bits per heavy atom. The van der Waals surface area contributed by atoms with Gasteiger partial charge < -0.3 is 0 Å². The third-order valence-corrected chi connectivity index (χ3v) is 8.66. The molecule has 0 saturated carbocycles. The maximum atomic E-state index is 9.39. The van der Waals surface area contributed by atoms with E-state index in [9.17, 15) is 5.48 Å². The standard InChI is InChI=1S/C45H32N2/c1-2-43-46-41-22-12-13-23-42(41)47(43)34-27-26-31-28-33(25-24-32(31)29-34)44-37-18-8-10-20-39(37)45(40-21-11-9-19-38(40)44)36-17-7-6-16-35(36)30-14-4-3-5-15-30/h3-29H,2H2,1H3/i3D,4D,5D,8D,9D,10D,11D,14D,15D,18D,19D,20D,21D. The summed E-state index contributed by atoms with van der Waals surface area (Å²) < 4.78 is 118. The summed E-state index contributed by atoms with van der Waals surface area (Å²) in [4.78, 5) is 4.82. The van der Waals surface area contributed by atoms with Crippen molar-refractivity contribution in [2.75, 3.05) is 0 Å². The fraction of sp³-hybridized carbons (Fsp3) is 0.0444. The molecule has 0 atom stereocenters. The van der Waals surface area contributed by atoms with Gasteiger partial charge in [-0.1, -0.05) is 140 Å². The second-order valence-corrected chi connectivity index (χ2v) is 11.2. The van der Waals surface area contributed by atoms with Gasteiger partial charge in [-0.05, 0) is 96.0 Å². The summed E-state index contributed by atoms with van der Waals surface area (Å²) >= 11 is 0. The molecule has 47 heavy (non-hydrogen) atoms. The third kappa shape index (κ3) is 4.45. The lowest BCUT2D eigenvalue weighted by atomic mass is 9.83. The fourth-order valence-corrected chi connectivity index (χ4v) is 6.62. The summed E-state index contributed by atoms with van der Waals surface area (Å²) in [7, 11) is 0. The molecule has 2 nitrogen and oxygen atoms in total. The Hall–Kier alpha value is -5.99. The second kappa shape index (κ2) is 11.1. The van der Waals surface area contributed by atoms with E-state index < -0.39 is 78.6 Å². The first-order valence-electron chi connectivity index (χ1n) is 21.8. The summed E-state index contributed by atoms with van der Waals surface area (Å²) in [5.41, 5.74) is 3.43. The van der Waals surface area contributed by atoms with Gasteiger partial charge in [-0.3, -0.25) is 4.57 Å². The van der Waals surface area contributed by atoms with Crippen molar-refractivity contribution < 1.29 is 17.8 Å². The average molecular weight is 614 g/mol. The largest absolute Gasteiger partial charge is 0.296 e. The Bertz CT molecular complexity index is 3250. The van der Waals surface area contributed by atoms with Crippen LogP contribution in [0.2, 0.25) is 0 Å². The molecule has 9 aromatic rings. The number of para-hydroxylation sites is 2. The lowest BCUT2D eigenvalue weighted by Gasteiger charge is -2.20. The van der Waals surface area contributed by atoms with Gasteiger partial charge in [0.2, 0.25) is 0 Å². The Kier molecular flexibility index (Phi) is 4.04. The molecule has 2 heteroatoms. The van der Waals surface area contributed by atoms with Crippen molar-refractivity contribution in [3.05, 3.63) is 169 Å². The summed E-state index contributed by atoms with van der Waals surface area (Å²) in [6, 6.07) is 18.7. The molecule has 8 aromatic carbocycles. The summed E-state index contributed by atoms with van der Waals surface area (Å²) in [5.74, 6) is 0.890. The molecule has 0 fully saturated rings. The first-order chi connectivity index (χ1) is 28.7. The summed E-state index contributed by atoms with van der Waals surface area (Å²) in [6.45, 7) is 2.04. The van der Waals surface area contributed by atoms with Crippen LogP contribution in [0.15, 0.2) is 163 Å². The number of rotatable bonds is 5. The van der Waals surface area contributed by atoms with Crippen LogP contribution in [-0.4, -0.2) is 9.55 Å². The van der Waals surface area contributed by atoms with E-state index >= 15 is 0 Å². The molecule has 0 amide bonds. The van der Waals surface area contributed by atoms with Crippen molar-refractivity contribution in [2.45, 2.75) is 13.3 Å². The van der Waals surface area contributed by atoms with Crippen LogP contribution in [0.3, 0.4) is 0 Å². The molecule has 0 bridgehead atoms. The van der Waals surface area contributed by atoms with Crippen molar-refractivity contribution in [1.29, 1.82) is 0 Å². The zero-order valence-electron chi connectivity index (χ0n) is 38.2. The fourth-order valence-electron chi connectivity index (χ4n) is 6.62. The molecule has 0 aliphatic rings. The SMILES string of the molecule is [2H]c1c([2H])c([2H])c(-c2ccccc2-c2c3c([2H])c([2H])c([2H])c([2H])c3c(-c3ccc4cc(-n5c(CC)nc6ccccc65)ccc4c3)c3c([2H])c([2H])c([2H])c([2H])c23)c([2H])c1[2H]. The van der Waals surface area contributed by atoms with Gasteiger partial charge in [0.25, 0.3) is 0 Å². The average Bonchev–Trinajstić information content (AvgIpc) is 3.65. The minimum absolute atomic E-state index is 0.00200. The van der Waals surface area contributed by atoms with E-state index in [1.807, 2.05) is 61.5 Å². The van der Waals surface area contributed by atoms with Gasteiger partial charge in [-0.2, -0.15) is 0 Å². The second-order valence-electron chi connectivity index (χ2n) is 11.2. The van der Waals surface area contributed by atoms with Gasteiger partial charge in [0, 0.05) is 12.1 Å². The zero-order chi connectivity index (χ0) is 42.6. The minimum atomic E-state index is -0.595. The van der Waals surface area contributed by atoms with E-state index in [0.29, 0.717) is 12.0 Å². The molecule has 1 aromatic heterocycles. The number of fused-ring (bicyclic) bond motifs is 4. The van der Waals surface area contributed by atoms with Gasteiger partial charge in [0.15, 0.2) is 0 Å². The highest BCUT2D eigenvalue weighted by molar-refractivity contribution is 6.22. The van der Waals surface area contributed by atoms with Crippen LogP contribution in [-0.2, 0) is 6.42 Å². The molecule has 1 heterocycles. The Morgan fingerprint density at radius 1 is 0.553 bits per heavy atom. The smallest absolute Gasteiger partial charge is 0.114 e. The van der Waals surface area contributed by atoms with Crippen molar-refractivity contribution >= 4 is 43.4 Å². The van der Waals surface area contributed by atoms with Crippen molar-refractivity contribution in [3.63, 3.8) is 0 Å². The van der Waals surface area contributed by atoms with E-state index in [4.69, 9.17) is 17.3 Å². The number of nitrogens with zero attached hydrogens (tertiary/aromatic N) is 2. The molecule has 0 aliphatic heterocycles. The predicted molar refractivity (Wildman–Crippen MR) is 199 cm³/mol. The van der Waals surface area contributed by atoms with Crippen LogP contribution in [0.25, 0.3) is 82.4 Å². The van der Waals surface area contributed by atoms with Gasteiger partial charge in [-0.25, -0.2) is 4.98 Å². The van der Waals surface area contributed by atoms with Crippen LogP contribution in [0.5, 0.6) is 0 Å². The Balaban J connectivity index is 1.42. The van der Waals surface area contributed by atoms with E-state index in [0.717, 1.165) is 33.3 Å². The molecular formula is C45H32N2. The van der Waals surface area contributed by atoms with Gasteiger partial charge in [0.1, 0.15) is 5.82 Å². The summed E-state index contributed by atoms with van der Waals surface area (Å²) in [6.07, 6.45) is 0.700. The van der Waals surface area contributed by atoms with Crippen LogP contribution in [0.1, 0.15) is 30.6 Å². The van der Waals surface area contributed by atoms with Crippen molar-refractivity contribution in [2.24, 2.45) is 0 Å². The molecule has 0 N–H and O–H groups in total. The Labute approximate surface area is 292 Å². The topological polar surface area (TPSA) is 17.8 Å². The normalized spacial score (nSPS) is 15.5. The molecular weight excluding hydrogens is 569 g/mol. The van der Waals surface area contributed by atoms with E-state index in [1.165, 1.54) is 6.07 Å².